The fourth-order valence-electron chi connectivity index (χ4n) is 4.25. The fourth-order valence-corrected chi connectivity index (χ4v) is 4.25. The van der Waals surface area contributed by atoms with E-state index >= 15 is 0 Å². The van der Waals surface area contributed by atoms with Crippen LogP contribution in [-0.2, 0) is 0 Å². The minimum absolute atomic E-state index is 0.423. The quantitative estimate of drug-likeness (QED) is 0.627. The third kappa shape index (κ3) is 3.30. The first-order valence-corrected chi connectivity index (χ1v) is 9.27. The van der Waals surface area contributed by atoms with Gasteiger partial charge >= 0.3 is 0 Å². The normalized spacial score (nSPS) is 20.0. The Hall–Kier alpha value is -2.08. The molecule has 6 heteroatoms. The van der Waals surface area contributed by atoms with Crippen LogP contribution < -0.4 is 15.2 Å². The molecular formula is C20H30N4O2. The van der Waals surface area contributed by atoms with E-state index in [0.717, 1.165) is 42.6 Å². The van der Waals surface area contributed by atoms with E-state index < -0.39 is 0 Å². The number of aliphatic imine (C=N–C) groups is 2. The van der Waals surface area contributed by atoms with Crippen molar-refractivity contribution in [2.24, 2.45) is 27.1 Å². The van der Waals surface area contributed by atoms with Crippen LogP contribution in [0.2, 0.25) is 0 Å². The molecule has 1 saturated heterocycles. The highest BCUT2D eigenvalue weighted by Gasteiger charge is 2.48. The Morgan fingerprint density at radius 3 is 2.31 bits per heavy atom. The summed E-state index contributed by atoms with van der Waals surface area (Å²) in [6, 6.07) is 3.80. The number of benzene rings is 1. The first kappa shape index (κ1) is 18.7. The lowest BCUT2D eigenvalue weighted by atomic mass is 9.81. The van der Waals surface area contributed by atoms with Gasteiger partial charge in [0.2, 0.25) is 0 Å². The molecule has 1 aromatic rings. The number of methoxy groups -OCH3 is 2. The second-order valence-electron chi connectivity index (χ2n) is 7.26. The Kier molecular flexibility index (Phi) is 5.51. The summed E-state index contributed by atoms with van der Waals surface area (Å²) in [7, 11) is 5.08. The molecule has 2 fully saturated rings. The molecule has 26 heavy (non-hydrogen) atoms. The number of hydrogen-bond acceptors (Lipinski definition) is 5. The maximum Gasteiger partial charge on any atom is 0.162 e. The van der Waals surface area contributed by atoms with E-state index in [0.29, 0.717) is 16.9 Å². The fraction of sp³-hybridized carbons (Fsp3) is 0.600. The van der Waals surface area contributed by atoms with Crippen molar-refractivity contribution < 1.29 is 9.47 Å². The van der Waals surface area contributed by atoms with Crippen LogP contribution >= 0.6 is 0 Å². The van der Waals surface area contributed by atoms with Gasteiger partial charge in [-0.1, -0.05) is 0 Å². The monoisotopic (exact) mass is 358 g/mol. The van der Waals surface area contributed by atoms with Gasteiger partial charge in [0.05, 0.1) is 19.9 Å². The van der Waals surface area contributed by atoms with Crippen LogP contribution in [0.3, 0.4) is 0 Å². The second kappa shape index (κ2) is 7.66. The van der Waals surface area contributed by atoms with Crippen LogP contribution in [0.4, 0.5) is 5.69 Å². The van der Waals surface area contributed by atoms with E-state index in [4.69, 9.17) is 15.2 Å². The zero-order valence-corrected chi connectivity index (χ0v) is 16.1. The topological polar surface area (TPSA) is 72.4 Å². The van der Waals surface area contributed by atoms with Gasteiger partial charge in [0.25, 0.3) is 0 Å². The summed E-state index contributed by atoms with van der Waals surface area (Å²) in [5.41, 5.74) is 8.13. The van der Waals surface area contributed by atoms with Gasteiger partial charge in [0, 0.05) is 31.8 Å². The molecule has 3 rings (SSSR count). The van der Waals surface area contributed by atoms with Gasteiger partial charge in [0.1, 0.15) is 5.84 Å². The average molecular weight is 358 g/mol. The number of nitrogens with two attached hydrogens (primary N) is 1. The van der Waals surface area contributed by atoms with E-state index in [1.807, 2.05) is 19.2 Å². The summed E-state index contributed by atoms with van der Waals surface area (Å²) in [6.45, 7) is 6.52. The van der Waals surface area contributed by atoms with E-state index in [2.05, 4.69) is 21.6 Å². The molecule has 0 bridgehead atoms. The average Bonchev–Trinajstić information content (AvgIpc) is 3.50. The molecule has 1 aliphatic heterocycles. The summed E-state index contributed by atoms with van der Waals surface area (Å²) < 4.78 is 10.9. The summed E-state index contributed by atoms with van der Waals surface area (Å²) >= 11 is 0. The second-order valence-corrected chi connectivity index (χ2v) is 7.26. The number of likely N-dealkylation sites (tertiary alicyclic amines) is 1. The molecule has 0 amide bonds. The molecule has 0 radical (unpaired) electrons. The molecule has 1 heterocycles. The Balaban J connectivity index is 1.82. The van der Waals surface area contributed by atoms with E-state index in [1.165, 1.54) is 25.7 Å². The smallest absolute Gasteiger partial charge is 0.162 e. The predicted octanol–water partition coefficient (Wildman–Crippen LogP) is 2.86. The molecule has 2 N–H and O–H groups in total. The van der Waals surface area contributed by atoms with E-state index in [1.54, 1.807) is 14.2 Å². The van der Waals surface area contributed by atoms with Gasteiger partial charge in [-0.2, -0.15) is 0 Å². The Bertz CT molecular complexity index is 689. The first-order chi connectivity index (χ1) is 12.6. The van der Waals surface area contributed by atoms with Gasteiger partial charge in [-0.3, -0.25) is 9.98 Å². The highest BCUT2D eigenvalue weighted by Crippen LogP contribution is 2.54. The standard InChI is InChI=1S/C20H30N4O2/c1-22-16-12-18(26-4)17(25-3)11-15(16)19(23-2)24-9-5-14(6-10-24)20(13-21)7-8-20/h11-12,14H,1,5-10,13,21H2,2-4H3. The van der Waals surface area contributed by atoms with E-state index in [-0.39, 0.29) is 0 Å². The van der Waals surface area contributed by atoms with Crippen molar-refractivity contribution in [1.29, 1.82) is 0 Å². The maximum atomic E-state index is 6.03. The van der Waals surface area contributed by atoms with Crippen LogP contribution in [-0.4, -0.2) is 58.4 Å². The van der Waals surface area contributed by atoms with Crippen molar-refractivity contribution in [3.63, 3.8) is 0 Å². The number of hydrogen-bond donors (Lipinski definition) is 1. The summed E-state index contributed by atoms with van der Waals surface area (Å²) in [5.74, 6) is 2.99. The van der Waals surface area contributed by atoms with Gasteiger partial charge < -0.3 is 20.1 Å². The van der Waals surface area contributed by atoms with Crippen LogP contribution in [0.25, 0.3) is 0 Å². The Morgan fingerprint density at radius 1 is 1.23 bits per heavy atom. The van der Waals surface area contributed by atoms with Crippen molar-refractivity contribution in [1.82, 2.24) is 4.90 Å². The largest absolute Gasteiger partial charge is 0.493 e. The van der Waals surface area contributed by atoms with Gasteiger partial charge in [-0.25, -0.2) is 0 Å². The van der Waals surface area contributed by atoms with Gasteiger partial charge in [-0.15, -0.1) is 0 Å². The number of ether oxygens (including phenoxy) is 2. The highest BCUT2D eigenvalue weighted by atomic mass is 16.5. The SMILES string of the molecule is C=Nc1cc(OC)c(OC)cc1C(=NC)N1CCC(C2(CN)CC2)CC1. The summed E-state index contributed by atoms with van der Waals surface area (Å²) in [6.07, 6.45) is 4.92. The number of rotatable bonds is 6. The highest BCUT2D eigenvalue weighted by molar-refractivity contribution is 6.04. The molecule has 0 atom stereocenters. The molecule has 1 aliphatic carbocycles. The Morgan fingerprint density at radius 2 is 1.85 bits per heavy atom. The summed E-state index contributed by atoms with van der Waals surface area (Å²) in [4.78, 5) is 11.1. The number of nitrogens with zero attached hydrogens (tertiary/aromatic N) is 3. The van der Waals surface area contributed by atoms with E-state index in [9.17, 15) is 0 Å². The van der Waals surface area contributed by atoms with Crippen molar-refractivity contribution in [3.8, 4) is 11.5 Å². The molecule has 1 saturated carbocycles. The lowest BCUT2D eigenvalue weighted by Gasteiger charge is -2.38. The van der Waals surface area contributed by atoms with Gasteiger partial charge in [-0.05, 0) is 56.3 Å². The van der Waals surface area contributed by atoms with Crippen molar-refractivity contribution in [2.45, 2.75) is 25.7 Å². The minimum Gasteiger partial charge on any atom is -0.493 e. The molecule has 6 nitrogen and oxygen atoms in total. The minimum atomic E-state index is 0.423. The Labute approximate surface area is 156 Å². The predicted molar refractivity (Wildman–Crippen MR) is 106 cm³/mol. The van der Waals surface area contributed by atoms with Crippen LogP contribution in [0.5, 0.6) is 11.5 Å². The first-order valence-electron chi connectivity index (χ1n) is 9.27. The third-order valence-electron chi connectivity index (χ3n) is 6.08. The van der Waals surface area contributed by atoms with Gasteiger partial charge in [0.15, 0.2) is 11.5 Å². The maximum absolute atomic E-state index is 6.03. The molecule has 0 aromatic heterocycles. The van der Waals surface area contributed by atoms with Crippen LogP contribution in [0.15, 0.2) is 22.1 Å². The van der Waals surface area contributed by atoms with Crippen LogP contribution in [0.1, 0.15) is 31.2 Å². The van der Waals surface area contributed by atoms with Crippen molar-refractivity contribution >= 4 is 18.2 Å². The third-order valence-corrected chi connectivity index (χ3v) is 6.08. The molecule has 1 aromatic carbocycles. The summed E-state index contributed by atoms with van der Waals surface area (Å²) in [5, 5.41) is 0. The zero-order chi connectivity index (χ0) is 18.7. The van der Waals surface area contributed by atoms with Crippen molar-refractivity contribution in [3.05, 3.63) is 17.7 Å². The van der Waals surface area contributed by atoms with Crippen LogP contribution in [0, 0.1) is 11.3 Å². The molecule has 0 spiro atoms. The molecule has 142 valence electrons. The lowest BCUT2D eigenvalue weighted by Crippen LogP contribution is -2.42. The molecule has 2 aliphatic rings. The molecular weight excluding hydrogens is 328 g/mol. The van der Waals surface area contributed by atoms with Crippen molar-refractivity contribution in [2.75, 3.05) is 40.9 Å². The molecule has 0 unspecified atom stereocenters. The zero-order valence-electron chi connectivity index (χ0n) is 16.1. The lowest BCUT2D eigenvalue weighted by molar-refractivity contribution is 0.189. The number of amidine groups is 1. The number of piperidine rings is 1.